The van der Waals surface area contributed by atoms with Gasteiger partial charge in [-0.05, 0) is 50.4 Å². The van der Waals surface area contributed by atoms with E-state index in [1.807, 2.05) is 59.0 Å². The predicted octanol–water partition coefficient (Wildman–Crippen LogP) is 3.81. The topological polar surface area (TPSA) is 152 Å². The molecule has 13 nitrogen and oxygen atoms in total. The van der Waals surface area contributed by atoms with Crippen LogP contribution < -0.4 is 10.6 Å². The fourth-order valence-electron chi connectivity index (χ4n) is 6.21. The molecule has 1 aliphatic rings. The van der Waals surface area contributed by atoms with E-state index in [4.69, 9.17) is 4.74 Å². The molecular weight excluding hydrogens is 632 g/mol. The molecule has 0 unspecified atom stereocenters. The van der Waals surface area contributed by atoms with Crippen molar-refractivity contribution in [2.24, 2.45) is 11.8 Å². The number of hydrogen-bond donors (Lipinski definition) is 2. The Morgan fingerprint density at radius 1 is 1.15 bits per heavy atom. The lowest BCUT2D eigenvalue weighted by Crippen LogP contribution is -2.58. The Balaban J connectivity index is 1.44. The molecule has 1 fully saturated rings. The van der Waals surface area contributed by atoms with E-state index in [0.717, 1.165) is 36.8 Å². The summed E-state index contributed by atoms with van der Waals surface area (Å²) in [6.07, 6.45) is 3.03. The normalized spacial score (nSPS) is 17.8. The first-order valence-electron chi connectivity index (χ1n) is 16.9. The van der Waals surface area contributed by atoms with Gasteiger partial charge >= 0.3 is 5.97 Å². The van der Waals surface area contributed by atoms with Gasteiger partial charge in [-0.1, -0.05) is 57.9 Å². The van der Waals surface area contributed by atoms with Gasteiger partial charge in [-0.3, -0.25) is 24.1 Å². The van der Waals surface area contributed by atoms with Gasteiger partial charge in [0.2, 0.25) is 11.8 Å². The second-order valence-electron chi connectivity index (χ2n) is 13.1. The molecule has 3 aromatic rings. The number of fused-ring (bicyclic) bond motifs is 1. The first-order valence-corrected chi connectivity index (χ1v) is 17.8. The smallest absolute Gasteiger partial charge is 0.303 e. The van der Waals surface area contributed by atoms with Crippen LogP contribution in [0.4, 0.5) is 0 Å². The third kappa shape index (κ3) is 9.16. The highest BCUT2D eigenvalue weighted by molar-refractivity contribution is 7.09. The fraction of sp³-hybridized carbons (Fsp3) is 0.618. The van der Waals surface area contributed by atoms with Crippen LogP contribution in [0.1, 0.15) is 88.3 Å². The van der Waals surface area contributed by atoms with Crippen molar-refractivity contribution in [3.05, 3.63) is 40.3 Å². The van der Waals surface area contributed by atoms with Gasteiger partial charge in [0.05, 0.1) is 18.1 Å². The molecule has 3 heterocycles. The van der Waals surface area contributed by atoms with Crippen LogP contribution in [-0.4, -0.2) is 98.8 Å². The third-order valence-corrected chi connectivity index (χ3v) is 10.2. The number of aromatic nitrogens is 4. The van der Waals surface area contributed by atoms with E-state index >= 15 is 0 Å². The summed E-state index contributed by atoms with van der Waals surface area (Å²) >= 11 is 1.23. The molecule has 1 aromatic carbocycles. The molecule has 4 rings (SSSR count). The van der Waals surface area contributed by atoms with E-state index in [-0.39, 0.29) is 53.8 Å². The number of rotatable bonds is 15. The molecule has 5 atom stereocenters. The molecule has 262 valence electrons. The lowest BCUT2D eigenvalue weighted by Gasteiger charge is -2.38. The largest absolute Gasteiger partial charge is 0.455 e. The van der Waals surface area contributed by atoms with Crippen LogP contribution in [-0.2, 0) is 25.7 Å². The molecule has 1 aliphatic heterocycles. The maximum Gasteiger partial charge on any atom is 0.303 e. The average Bonchev–Trinajstić information content (AvgIpc) is 3.72. The Morgan fingerprint density at radius 3 is 2.58 bits per heavy atom. The second-order valence-corrected chi connectivity index (χ2v) is 14.0. The summed E-state index contributed by atoms with van der Waals surface area (Å²) in [6.45, 7) is 10.9. The zero-order valence-corrected chi connectivity index (χ0v) is 30.0. The monoisotopic (exact) mass is 682 g/mol. The van der Waals surface area contributed by atoms with Gasteiger partial charge in [0.1, 0.15) is 22.3 Å². The molecule has 0 spiro atoms. The van der Waals surface area contributed by atoms with Crippen molar-refractivity contribution in [2.75, 3.05) is 27.2 Å². The van der Waals surface area contributed by atoms with Crippen molar-refractivity contribution in [1.29, 1.82) is 0 Å². The lowest BCUT2D eigenvalue weighted by atomic mass is 9.92. The van der Waals surface area contributed by atoms with E-state index in [2.05, 4.69) is 30.8 Å². The highest BCUT2D eigenvalue weighted by atomic mass is 32.1. The van der Waals surface area contributed by atoms with E-state index in [1.54, 1.807) is 22.0 Å². The number of para-hydroxylation sites is 1. The number of nitrogens with zero attached hydrogens (tertiary/aromatic N) is 6. The molecular formula is C34H50N8O5S. The van der Waals surface area contributed by atoms with Crippen LogP contribution in [0, 0.1) is 11.8 Å². The molecule has 3 amide bonds. The number of thiazole rings is 1. The second kappa shape index (κ2) is 17.0. The van der Waals surface area contributed by atoms with Crippen LogP contribution >= 0.6 is 11.3 Å². The van der Waals surface area contributed by atoms with Crippen molar-refractivity contribution in [2.45, 2.75) is 97.5 Å². The molecule has 48 heavy (non-hydrogen) atoms. The number of piperidine rings is 1. The lowest BCUT2D eigenvalue weighted by molar-refractivity contribution is -0.149. The Morgan fingerprint density at radius 2 is 1.90 bits per heavy atom. The molecule has 0 bridgehead atoms. The number of benzene rings is 1. The quantitative estimate of drug-likeness (QED) is 0.228. The molecule has 2 aromatic heterocycles. The fourth-order valence-corrected chi connectivity index (χ4v) is 7.05. The summed E-state index contributed by atoms with van der Waals surface area (Å²) in [4.78, 5) is 61.0. The highest BCUT2D eigenvalue weighted by Gasteiger charge is 2.37. The average molecular weight is 683 g/mol. The minimum atomic E-state index is -0.772. The van der Waals surface area contributed by atoms with Crippen LogP contribution in [0.2, 0.25) is 0 Å². The van der Waals surface area contributed by atoms with Gasteiger partial charge in [0.15, 0.2) is 6.10 Å². The Kier molecular flexibility index (Phi) is 13.0. The summed E-state index contributed by atoms with van der Waals surface area (Å²) in [6, 6.07) is 6.31. The first-order chi connectivity index (χ1) is 22.9. The van der Waals surface area contributed by atoms with Crippen molar-refractivity contribution in [3.63, 3.8) is 0 Å². The molecule has 14 heteroatoms. The third-order valence-electron chi connectivity index (χ3n) is 9.29. The van der Waals surface area contributed by atoms with Crippen LogP contribution in [0.15, 0.2) is 29.6 Å². The van der Waals surface area contributed by atoms with Gasteiger partial charge in [-0.2, -0.15) is 0 Å². The number of esters is 1. The number of amides is 3. The molecule has 0 aliphatic carbocycles. The van der Waals surface area contributed by atoms with Crippen molar-refractivity contribution >= 4 is 46.1 Å². The van der Waals surface area contributed by atoms with Crippen LogP contribution in [0.25, 0.3) is 11.0 Å². The maximum absolute atomic E-state index is 14.1. The van der Waals surface area contributed by atoms with E-state index in [1.165, 1.54) is 18.3 Å². The number of likely N-dealkylation sites (N-methyl/N-ethyl adjacent to an activating group) is 2. The summed E-state index contributed by atoms with van der Waals surface area (Å²) in [7, 11) is 3.69. The van der Waals surface area contributed by atoms with E-state index in [9.17, 15) is 19.2 Å². The SMILES string of the molecule is CC[C@H](C)[C@H](NC(=O)[C@H]1CCCCN1C)C(=O)N(C)[C@H](C[C@@H](OC(C)=O)c1nc(C(=O)NCCn2nnc3ccccc32)cs1)C(C)C. The van der Waals surface area contributed by atoms with Gasteiger partial charge in [-0.15, -0.1) is 16.4 Å². The summed E-state index contributed by atoms with van der Waals surface area (Å²) < 4.78 is 7.47. The molecule has 2 N–H and O–H groups in total. The Bertz CT molecular complexity index is 1560. The van der Waals surface area contributed by atoms with Gasteiger partial charge in [-0.25, -0.2) is 9.67 Å². The predicted molar refractivity (Wildman–Crippen MR) is 184 cm³/mol. The van der Waals surface area contributed by atoms with Crippen molar-refractivity contribution in [3.8, 4) is 0 Å². The van der Waals surface area contributed by atoms with Gasteiger partial charge < -0.3 is 20.3 Å². The first kappa shape index (κ1) is 36.9. The zero-order chi connectivity index (χ0) is 35.0. The maximum atomic E-state index is 14.1. The number of carbonyl (C=O) groups is 4. The number of ether oxygens (including phenoxy) is 1. The van der Waals surface area contributed by atoms with E-state index in [0.29, 0.717) is 24.5 Å². The molecule has 0 radical (unpaired) electrons. The standard InChI is InChI=1S/C34H50N8O5S/c1-8-22(4)30(37-32(45)27-15-11-12-17-40(27)6)34(46)41(7)28(21(2)3)19-29(47-23(5)43)33-36-25(20-48-33)31(44)35-16-18-42-26-14-10-9-13-24(26)38-39-42/h9-10,13-14,20-22,27-30H,8,11-12,15-19H2,1-7H3,(H,35,44)(H,37,45)/t22-,27+,28+,29+,30-/m0/s1. The number of carbonyl (C=O) groups excluding carboxylic acids is 4. The Hall–Kier alpha value is -3.91. The summed E-state index contributed by atoms with van der Waals surface area (Å²) in [5, 5.41) is 16.4. The van der Waals surface area contributed by atoms with Crippen molar-refractivity contribution in [1.82, 2.24) is 40.4 Å². The van der Waals surface area contributed by atoms with Crippen LogP contribution in [0.3, 0.4) is 0 Å². The van der Waals surface area contributed by atoms with Gasteiger partial charge in [0, 0.05) is 38.4 Å². The highest BCUT2D eigenvalue weighted by Crippen LogP contribution is 2.31. The van der Waals surface area contributed by atoms with Crippen molar-refractivity contribution < 1.29 is 23.9 Å². The molecule has 0 saturated carbocycles. The number of likely N-dealkylation sites (tertiary alicyclic amines) is 1. The minimum Gasteiger partial charge on any atom is -0.455 e. The minimum absolute atomic E-state index is 0.00892. The van der Waals surface area contributed by atoms with Gasteiger partial charge in [0.25, 0.3) is 5.91 Å². The summed E-state index contributed by atoms with van der Waals surface area (Å²) in [5.41, 5.74) is 1.88. The number of hydrogen-bond acceptors (Lipinski definition) is 10. The molecule has 1 saturated heterocycles. The number of nitrogens with one attached hydrogen (secondary N) is 2. The Labute approximate surface area is 286 Å². The zero-order valence-electron chi connectivity index (χ0n) is 29.1. The van der Waals surface area contributed by atoms with Crippen LogP contribution in [0.5, 0.6) is 0 Å². The van der Waals surface area contributed by atoms with E-state index < -0.39 is 18.1 Å². The summed E-state index contributed by atoms with van der Waals surface area (Å²) in [5.74, 6) is -1.24.